The number of carbonyl (C=O) groups is 6. The standard InChI is InChI=1S/C40H59N7O6/c1-7-11-28(38(51)34(50)20-26(6)27-16-18-41-19-17-27)21-33(49)37-31-14-10-12-29(31)23-47(37)40(53)36(25(4)5)42-39(52)32(24(2)3)22-30(48)13-8-9-15-35-43-45-46-44-35/h16-19,24-26,28-29,31-32,36-37H,7-15,20-23H2,1-6H3,(H,42,52)(H,43,44,45,46)/t26-,28?,29?,31+,32-,36?,37?/m1/s1. The number of nitrogens with one attached hydrogen (secondary N) is 2. The van der Waals surface area contributed by atoms with Crippen molar-refractivity contribution in [1.29, 1.82) is 0 Å². The van der Waals surface area contributed by atoms with Crippen LogP contribution in [-0.4, -0.2) is 84.1 Å². The minimum absolute atomic E-state index is 0.0149. The molecule has 2 aromatic rings. The van der Waals surface area contributed by atoms with Gasteiger partial charge < -0.3 is 10.2 Å². The van der Waals surface area contributed by atoms with E-state index >= 15 is 0 Å². The van der Waals surface area contributed by atoms with Crippen LogP contribution in [0.25, 0.3) is 0 Å². The van der Waals surface area contributed by atoms with Crippen LogP contribution in [0, 0.1) is 35.5 Å². The first kappa shape index (κ1) is 41.6. The lowest BCUT2D eigenvalue weighted by Gasteiger charge is -2.33. The first-order chi connectivity index (χ1) is 25.3. The van der Waals surface area contributed by atoms with E-state index in [4.69, 9.17) is 0 Å². The van der Waals surface area contributed by atoms with Crippen molar-refractivity contribution < 1.29 is 28.8 Å². The Labute approximate surface area is 313 Å². The van der Waals surface area contributed by atoms with Crippen molar-refractivity contribution in [3.63, 3.8) is 0 Å². The molecule has 0 aromatic carbocycles. The van der Waals surface area contributed by atoms with Crippen LogP contribution in [0.1, 0.15) is 129 Å². The average Bonchev–Trinajstić information content (AvgIpc) is 3.89. The SMILES string of the molecule is CCCC(CC(=O)C1[C@H]2CCCC2CN1C(=O)C(NC(=O)[C@H](CC(=O)CCCCc1nn[nH]n1)C(C)C)C(C)C)C(=O)C(=O)C[C@@H](C)c1ccncc1. The van der Waals surface area contributed by atoms with Gasteiger partial charge in [0.25, 0.3) is 0 Å². The lowest BCUT2D eigenvalue weighted by Crippen LogP contribution is -2.56. The Hall–Kier alpha value is -4.16. The van der Waals surface area contributed by atoms with Crippen LogP contribution in [0.15, 0.2) is 24.5 Å². The van der Waals surface area contributed by atoms with Gasteiger partial charge in [-0.2, -0.15) is 5.21 Å². The molecule has 1 saturated heterocycles. The van der Waals surface area contributed by atoms with Gasteiger partial charge in [0, 0.05) is 62.9 Å². The largest absolute Gasteiger partial charge is 0.344 e. The lowest BCUT2D eigenvalue weighted by atomic mass is 9.83. The fourth-order valence-corrected chi connectivity index (χ4v) is 8.22. The van der Waals surface area contributed by atoms with Gasteiger partial charge in [-0.05, 0) is 79.4 Å². The zero-order valence-electron chi connectivity index (χ0n) is 32.4. The van der Waals surface area contributed by atoms with E-state index in [1.165, 1.54) is 0 Å². The van der Waals surface area contributed by atoms with Crippen LogP contribution >= 0.6 is 0 Å². The molecule has 0 bridgehead atoms. The zero-order chi connectivity index (χ0) is 38.7. The van der Waals surface area contributed by atoms with Crippen LogP contribution in [0.3, 0.4) is 0 Å². The summed E-state index contributed by atoms with van der Waals surface area (Å²) in [4.78, 5) is 87.9. The highest BCUT2D eigenvalue weighted by Gasteiger charge is 2.51. The molecule has 3 heterocycles. The van der Waals surface area contributed by atoms with Gasteiger partial charge in [-0.3, -0.25) is 33.8 Å². The number of hydrogen-bond acceptors (Lipinski definition) is 10. The molecule has 13 heteroatoms. The molecule has 2 fully saturated rings. The zero-order valence-corrected chi connectivity index (χ0v) is 32.4. The summed E-state index contributed by atoms with van der Waals surface area (Å²) in [7, 11) is 0. The number of ketones is 4. The molecule has 2 N–H and O–H groups in total. The summed E-state index contributed by atoms with van der Waals surface area (Å²) < 4.78 is 0. The molecule has 1 saturated carbocycles. The average molecular weight is 734 g/mol. The second-order valence-corrected chi connectivity index (χ2v) is 16.0. The minimum atomic E-state index is -0.882. The van der Waals surface area contributed by atoms with Crippen LogP contribution in [-0.2, 0) is 35.2 Å². The van der Waals surface area contributed by atoms with Crippen molar-refractivity contribution in [2.45, 2.75) is 137 Å². The van der Waals surface area contributed by atoms with E-state index in [2.05, 4.69) is 30.9 Å². The summed E-state index contributed by atoms with van der Waals surface area (Å²) >= 11 is 0. The highest BCUT2D eigenvalue weighted by molar-refractivity contribution is 6.38. The van der Waals surface area contributed by atoms with Crippen molar-refractivity contribution >= 4 is 34.9 Å². The number of aromatic nitrogens is 5. The van der Waals surface area contributed by atoms with Gasteiger partial charge in [0.05, 0.1) is 6.04 Å². The van der Waals surface area contributed by atoms with Crippen molar-refractivity contribution in [2.75, 3.05) is 6.54 Å². The summed E-state index contributed by atoms with van der Waals surface area (Å²) in [6.45, 7) is 11.8. The Morgan fingerprint density at radius 1 is 0.943 bits per heavy atom. The van der Waals surface area contributed by atoms with Gasteiger partial charge in [-0.1, -0.05) is 59.6 Å². The minimum Gasteiger partial charge on any atom is -0.344 e. The third kappa shape index (κ3) is 11.2. The van der Waals surface area contributed by atoms with Gasteiger partial charge >= 0.3 is 0 Å². The molecule has 0 spiro atoms. The number of pyridine rings is 1. The van der Waals surface area contributed by atoms with Gasteiger partial charge in [0.2, 0.25) is 17.6 Å². The van der Waals surface area contributed by atoms with E-state index in [1.807, 2.05) is 53.7 Å². The number of aromatic amines is 1. The van der Waals surface area contributed by atoms with E-state index in [9.17, 15) is 28.8 Å². The fourth-order valence-electron chi connectivity index (χ4n) is 8.22. The fraction of sp³-hybridized carbons (Fsp3) is 0.700. The molecule has 4 rings (SSSR count). The van der Waals surface area contributed by atoms with E-state index in [0.717, 1.165) is 31.2 Å². The molecule has 0 radical (unpaired) electrons. The third-order valence-corrected chi connectivity index (χ3v) is 11.3. The van der Waals surface area contributed by atoms with Crippen LogP contribution < -0.4 is 5.32 Å². The Balaban J connectivity index is 1.42. The number of Topliss-reactive ketones (excluding diaryl/α,β-unsaturated/α-hetero) is 4. The molecule has 1 aliphatic carbocycles. The summed E-state index contributed by atoms with van der Waals surface area (Å²) in [5.41, 5.74) is 0.919. The number of hydrogen-bond donors (Lipinski definition) is 2. The molecule has 2 amide bonds. The maximum Gasteiger partial charge on any atom is 0.246 e. The smallest absolute Gasteiger partial charge is 0.246 e. The number of carbonyl (C=O) groups excluding carboxylic acids is 6. The summed E-state index contributed by atoms with van der Waals surface area (Å²) in [5.74, 6) is -3.04. The number of unbranched alkanes of at least 4 members (excludes halogenated alkanes) is 1. The number of amides is 2. The van der Waals surface area contributed by atoms with Crippen molar-refractivity contribution in [3.8, 4) is 0 Å². The van der Waals surface area contributed by atoms with Gasteiger partial charge in [0.15, 0.2) is 17.4 Å². The molecule has 2 aromatic heterocycles. The first-order valence-corrected chi connectivity index (χ1v) is 19.7. The number of nitrogens with zero attached hydrogens (tertiary/aromatic N) is 5. The predicted molar refractivity (Wildman–Crippen MR) is 198 cm³/mol. The van der Waals surface area contributed by atoms with Crippen molar-refractivity contribution in [2.24, 2.45) is 35.5 Å². The number of tetrazole rings is 1. The molecule has 53 heavy (non-hydrogen) atoms. The van der Waals surface area contributed by atoms with Crippen LogP contribution in [0.2, 0.25) is 0 Å². The Morgan fingerprint density at radius 2 is 1.68 bits per heavy atom. The molecular formula is C40H59N7O6. The van der Waals surface area contributed by atoms with E-state index in [-0.39, 0.29) is 72.2 Å². The molecular weight excluding hydrogens is 674 g/mol. The summed E-state index contributed by atoms with van der Waals surface area (Å²) in [6, 6.07) is 2.07. The summed E-state index contributed by atoms with van der Waals surface area (Å²) in [6.07, 6.45) is 9.39. The molecule has 13 nitrogen and oxygen atoms in total. The number of fused-ring (bicyclic) bond motifs is 1. The topological polar surface area (TPSA) is 185 Å². The second-order valence-electron chi connectivity index (χ2n) is 16.0. The molecule has 290 valence electrons. The number of H-pyrrole nitrogens is 1. The number of aryl methyl sites for hydroxylation is 1. The maximum absolute atomic E-state index is 14.4. The molecule has 2 aliphatic rings. The highest BCUT2D eigenvalue weighted by Crippen LogP contribution is 2.43. The quantitative estimate of drug-likeness (QED) is 0.123. The van der Waals surface area contributed by atoms with Crippen molar-refractivity contribution in [3.05, 3.63) is 35.9 Å². The number of likely N-dealkylation sites (tertiary alicyclic amines) is 1. The highest BCUT2D eigenvalue weighted by atomic mass is 16.2. The molecule has 7 atom stereocenters. The molecule has 1 aliphatic heterocycles. The van der Waals surface area contributed by atoms with E-state index in [1.54, 1.807) is 17.3 Å². The second kappa shape index (κ2) is 19.8. The summed E-state index contributed by atoms with van der Waals surface area (Å²) in [5, 5.41) is 16.8. The van der Waals surface area contributed by atoms with Crippen LogP contribution in [0.4, 0.5) is 0 Å². The molecule has 4 unspecified atom stereocenters. The van der Waals surface area contributed by atoms with Gasteiger partial charge in [-0.25, -0.2) is 0 Å². The Bertz CT molecular complexity index is 1550. The predicted octanol–water partition coefficient (Wildman–Crippen LogP) is 5.01. The van der Waals surface area contributed by atoms with E-state index < -0.39 is 35.5 Å². The monoisotopic (exact) mass is 733 g/mol. The number of rotatable bonds is 22. The Kier molecular flexibility index (Phi) is 15.5. The van der Waals surface area contributed by atoms with E-state index in [0.29, 0.717) is 44.5 Å². The lowest BCUT2D eigenvalue weighted by molar-refractivity contribution is -0.145. The van der Waals surface area contributed by atoms with Crippen molar-refractivity contribution in [1.82, 2.24) is 35.8 Å². The van der Waals surface area contributed by atoms with Gasteiger partial charge in [-0.15, -0.1) is 10.2 Å². The van der Waals surface area contributed by atoms with Crippen LogP contribution in [0.5, 0.6) is 0 Å². The maximum atomic E-state index is 14.4. The third-order valence-electron chi connectivity index (χ3n) is 11.3. The normalized spacial score (nSPS) is 20.5. The Morgan fingerprint density at radius 3 is 2.32 bits per heavy atom. The first-order valence-electron chi connectivity index (χ1n) is 19.7. The van der Waals surface area contributed by atoms with Gasteiger partial charge in [0.1, 0.15) is 11.8 Å².